The topological polar surface area (TPSA) is 69.2 Å². The summed E-state index contributed by atoms with van der Waals surface area (Å²) in [5.74, 6) is 1.73. The van der Waals surface area contributed by atoms with Gasteiger partial charge < -0.3 is 14.2 Å². The van der Waals surface area contributed by atoms with Crippen molar-refractivity contribution in [1.82, 2.24) is 5.43 Å². The smallest absolute Gasteiger partial charge is 0.271 e. The number of carbonyl (C=O) groups excluding carboxylic acids is 1. The molecule has 1 aliphatic heterocycles. The van der Waals surface area contributed by atoms with Crippen molar-refractivity contribution in [2.24, 2.45) is 5.10 Å². The minimum atomic E-state index is -0.310. The molecule has 0 bridgehead atoms. The van der Waals surface area contributed by atoms with Gasteiger partial charge in [0.25, 0.3) is 5.91 Å². The van der Waals surface area contributed by atoms with Gasteiger partial charge >= 0.3 is 0 Å². The second kappa shape index (κ2) is 8.89. The molecule has 3 rings (SSSR count). The van der Waals surface area contributed by atoms with E-state index in [9.17, 15) is 4.79 Å². The van der Waals surface area contributed by atoms with Gasteiger partial charge in [-0.05, 0) is 54.4 Å². The number of fused-ring (bicyclic) bond motifs is 1. The molecule has 0 spiro atoms. The fourth-order valence-corrected chi connectivity index (χ4v) is 2.46. The van der Waals surface area contributed by atoms with Gasteiger partial charge in [-0.3, -0.25) is 4.79 Å². The van der Waals surface area contributed by atoms with E-state index in [0.29, 0.717) is 17.1 Å². The normalized spacial score (nSPS) is 12.3. The Morgan fingerprint density at radius 2 is 1.96 bits per heavy atom. The zero-order valence-corrected chi connectivity index (χ0v) is 14.7. The fourth-order valence-electron chi connectivity index (χ4n) is 2.46. The summed E-state index contributed by atoms with van der Waals surface area (Å²) in [6.07, 6.45) is 5.00. The third-order valence-corrected chi connectivity index (χ3v) is 3.91. The Kier molecular flexibility index (Phi) is 6.09. The van der Waals surface area contributed by atoms with E-state index in [4.69, 9.17) is 14.2 Å². The molecule has 1 amide bonds. The quantitative estimate of drug-likeness (QED) is 0.445. The van der Waals surface area contributed by atoms with Crippen LogP contribution in [0.5, 0.6) is 17.2 Å². The minimum absolute atomic E-state index is 0.177. The first kappa shape index (κ1) is 17.8. The summed E-state index contributed by atoms with van der Waals surface area (Å²) >= 11 is 0. The predicted molar refractivity (Wildman–Crippen MR) is 99.1 cm³/mol. The van der Waals surface area contributed by atoms with Crippen molar-refractivity contribution in [2.45, 2.75) is 26.2 Å². The molecule has 0 fully saturated rings. The van der Waals surface area contributed by atoms with Crippen molar-refractivity contribution >= 4 is 12.1 Å². The maximum atomic E-state index is 12.1. The van der Waals surface area contributed by atoms with Gasteiger partial charge in [-0.15, -0.1) is 0 Å². The molecule has 1 aliphatic rings. The molecule has 0 aromatic heterocycles. The van der Waals surface area contributed by atoms with Crippen molar-refractivity contribution in [3.63, 3.8) is 0 Å². The average Bonchev–Trinajstić information content (AvgIpc) is 3.14. The summed E-state index contributed by atoms with van der Waals surface area (Å²) in [6.45, 7) is 3.07. The van der Waals surface area contributed by atoms with Crippen molar-refractivity contribution < 1.29 is 19.0 Å². The standard InChI is InChI=1S/C20H22N2O4/c1-2-3-4-11-24-17-8-5-15(6-9-17)13-21-22-20(23)16-7-10-18-19(12-16)26-14-25-18/h5-10,12-13H,2-4,11,14H2,1H3,(H,22,23)/b21-13+. The Bertz CT molecular complexity index is 772. The molecule has 2 aromatic rings. The van der Waals surface area contributed by atoms with Gasteiger partial charge in [-0.1, -0.05) is 19.8 Å². The number of hydrogen-bond acceptors (Lipinski definition) is 5. The van der Waals surface area contributed by atoms with Gasteiger partial charge in [0.15, 0.2) is 11.5 Å². The molecule has 0 atom stereocenters. The number of unbranched alkanes of at least 4 members (excludes halogenated alkanes) is 2. The number of nitrogens with one attached hydrogen (secondary N) is 1. The fraction of sp³-hybridized carbons (Fsp3) is 0.300. The minimum Gasteiger partial charge on any atom is -0.494 e. The lowest BCUT2D eigenvalue weighted by atomic mass is 10.2. The first-order valence-corrected chi connectivity index (χ1v) is 8.72. The molecule has 1 heterocycles. The third kappa shape index (κ3) is 4.75. The third-order valence-electron chi connectivity index (χ3n) is 3.91. The van der Waals surface area contributed by atoms with Crippen molar-refractivity contribution in [3.05, 3.63) is 53.6 Å². The molecule has 6 nitrogen and oxygen atoms in total. The number of rotatable bonds is 8. The maximum Gasteiger partial charge on any atom is 0.271 e. The van der Waals surface area contributed by atoms with E-state index in [1.807, 2.05) is 24.3 Å². The second-order valence-electron chi connectivity index (χ2n) is 5.89. The Morgan fingerprint density at radius 1 is 1.15 bits per heavy atom. The molecule has 136 valence electrons. The van der Waals surface area contributed by atoms with Gasteiger partial charge in [-0.25, -0.2) is 5.43 Å². The number of hydrazone groups is 1. The second-order valence-corrected chi connectivity index (χ2v) is 5.89. The van der Waals surface area contributed by atoms with Crippen molar-refractivity contribution in [2.75, 3.05) is 13.4 Å². The van der Waals surface area contributed by atoms with Crippen LogP contribution in [0.3, 0.4) is 0 Å². The van der Waals surface area contributed by atoms with Crippen LogP contribution in [0.2, 0.25) is 0 Å². The zero-order valence-electron chi connectivity index (χ0n) is 14.7. The van der Waals surface area contributed by atoms with Crippen LogP contribution >= 0.6 is 0 Å². The van der Waals surface area contributed by atoms with Gasteiger partial charge in [-0.2, -0.15) is 5.10 Å². The first-order valence-electron chi connectivity index (χ1n) is 8.72. The van der Waals surface area contributed by atoms with Crippen LogP contribution in [0.25, 0.3) is 0 Å². The summed E-state index contributed by atoms with van der Waals surface area (Å²) in [7, 11) is 0. The molecule has 0 saturated heterocycles. The van der Waals surface area contributed by atoms with Crippen LogP contribution in [-0.2, 0) is 0 Å². The van der Waals surface area contributed by atoms with Crippen LogP contribution in [0.1, 0.15) is 42.1 Å². The Balaban J connectivity index is 1.49. The summed E-state index contributed by atoms with van der Waals surface area (Å²) in [6, 6.07) is 12.6. The lowest BCUT2D eigenvalue weighted by Crippen LogP contribution is -2.17. The van der Waals surface area contributed by atoms with E-state index in [1.54, 1.807) is 24.4 Å². The lowest BCUT2D eigenvalue weighted by molar-refractivity contribution is 0.0954. The van der Waals surface area contributed by atoms with E-state index in [1.165, 1.54) is 12.8 Å². The molecule has 1 N–H and O–H groups in total. The predicted octanol–water partition coefficient (Wildman–Crippen LogP) is 3.75. The highest BCUT2D eigenvalue weighted by Crippen LogP contribution is 2.32. The van der Waals surface area contributed by atoms with E-state index < -0.39 is 0 Å². The summed E-state index contributed by atoms with van der Waals surface area (Å²) in [5, 5.41) is 3.99. The van der Waals surface area contributed by atoms with Crippen LogP contribution in [-0.4, -0.2) is 25.5 Å². The van der Waals surface area contributed by atoms with E-state index in [0.717, 1.165) is 24.3 Å². The van der Waals surface area contributed by atoms with Crippen LogP contribution < -0.4 is 19.6 Å². The highest BCUT2D eigenvalue weighted by molar-refractivity contribution is 5.95. The number of benzene rings is 2. The number of amides is 1. The largest absolute Gasteiger partial charge is 0.494 e. The summed E-state index contributed by atoms with van der Waals surface area (Å²) in [4.78, 5) is 12.1. The number of nitrogens with zero attached hydrogens (tertiary/aromatic N) is 1. The lowest BCUT2D eigenvalue weighted by Gasteiger charge is -2.05. The first-order chi connectivity index (χ1) is 12.8. The van der Waals surface area contributed by atoms with Crippen LogP contribution in [0.15, 0.2) is 47.6 Å². The molecular formula is C20H22N2O4. The number of hydrogen-bond donors (Lipinski definition) is 1. The molecular weight excluding hydrogens is 332 g/mol. The SMILES string of the molecule is CCCCCOc1ccc(/C=N/NC(=O)c2ccc3c(c2)OCO3)cc1. The molecule has 0 radical (unpaired) electrons. The van der Waals surface area contributed by atoms with Crippen molar-refractivity contribution in [1.29, 1.82) is 0 Å². The van der Waals surface area contributed by atoms with E-state index >= 15 is 0 Å². The average molecular weight is 354 g/mol. The summed E-state index contributed by atoms with van der Waals surface area (Å²) < 4.78 is 16.2. The maximum absolute atomic E-state index is 12.1. The highest BCUT2D eigenvalue weighted by Gasteiger charge is 2.15. The monoisotopic (exact) mass is 354 g/mol. The Morgan fingerprint density at radius 3 is 2.77 bits per heavy atom. The molecule has 2 aromatic carbocycles. The number of carbonyl (C=O) groups is 1. The highest BCUT2D eigenvalue weighted by atomic mass is 16.7. The van der Waals surface area contributed by atoms with E-state index in [-0.39, 0.29) is 12.7 Å². The van der Waals surface area contributed by atoms with Crippen molar-refractivity contribution in [3.8, 4) is 17.2 Å². The van der Waals surface area contributed by atoms with E-state index in [2.05, 4.69) is 17.5 Å². The molecule has 0 unspecified atom stereocenters. The Labute approximate surface area is 152 Å². The Hall–Kier alpha value is -3.02. The molecule has 0 saturated carbocycles. The zero-order chi connectivity index (χ0) is 18.2. The van der Waals surface area contributed by atoms with Gasteiger partial charge in [0, 0.05) is 5.56 Å². The summed E-state index contributed by atoms with van der Waals surface area (Å²) in [5.41, 5.74) is 3.84. The van der Waals surface area contributed by atoms with Crippen LogP contribution in [0, 0.1) is 0 Å². The van der Waals surface area contributed by atoms with Gasteiger partial charge in [0.1, 0.15) is 5.75 Å². The van der Waals surface area contributed by atoms with Gasteiger partial charge in [0.05, 0.1) is 12.8 Å². The molecule has 6 heteroatoms. The molecule has 0 aliphatic carbocycles. The number of ether oxygens (including phenoxy) is 3. The van der Waals surface area contributed by atoms with Gasteiger partial charge in [0.2, 0.25) is 6.79 Å². The van der Waals surface area contributed by atoms with Crippen LogP contribution in [0.4, 0.5) is 0 Å². The molecule has 26 heavy (non-hydrogen) atoms.